The first-order chi connectivity index (χ1) is 7.52. The molecular weight excluding hydrogens is 212 g/mol. The van der Waals surface area contributed by atoms with Gasteiger partial charge in [-0.3, -0.25) is 4.79 Å². The maximum atomic E-state index is 12.2. The molecule has 0 aliphatic rings. The van der Waals surface area contributed by atoms with Gasteiger partial charge >= 0.3 is 0 Å². The van der Waals surface area contributed by atoms with Crippen LogP contribution in [0.5, 0.6) is 0 Å². The highest BCUT2D eigenvalue weighted by Crippen LogP contribution is 2.37. The van der Waals surface area contributed by atoms with Crippen LogP contribution in [0.25, 0.3) is 0 Å². The lowest BCUT2D eigenvalue weighted by molar-refractivity contribution is -0.152. The molecule has 0 bridgehead atoms. The zero-order chi connectivity index (χ0) is 13.9. The Morgan fingerprint density at radius 3 is 1.88 bits per heavy atom. The second kappa shape index (κ2) is 5.99. The van der Waals surface area contributed by atoms with Crippen LogP contribution in [0.3, 0.4) is 0 Å². The number of Topliss-reactive ketones (excluding diaryl/α,β-unsaturated/α-hetero) is 1. The summed E-state index contributed by atoms with van der Waals surface area (Å²) in [5.74, 6) is 0.958. The topological polar surface area (TPSA) is 26.3 Å². The number of ether oxygens (including phenoxy) is 1. The quantitative estimate of drug-likeness (QED) is 0.672. The van der Waals surface area contributed by atoms with E-state index >= 15 is 0 Å². The highest BCUT2D eigenvalue weighted by molar-refractivity contribution is 5.86. The van der Waals surface area contributed by atoms with Gasteiger partial charge in [0.1, 0.15) is 5.78 Å². The van der Waals surface area contributed by atoms with Crippen molar-refractivity contribution in [2.75, 3.05) is 6.61 Å². The van der Waals surface area contributed by atoms with E-state index in [-0.39, 0.29) is 11.7 Å². The van der Waals surface area contributed by atoms with Crippen LogP contribution < -0.4 is 0 Å². The van der Waals surface area contributed by atoms with Gasteiger partial charge in [0.2, 0.25) is 0 Å². The van der Waals surface area contributed by atoms with Crippen molar-refractivity contribution in [1.29, 1.82) is 0 Å². The van der Waals surface area contributed by atoms with Crippen LogP contribution >= 0.6 is 0 Å². The lowest BCUT2D eigenvalue weighted by Crippen LogP contribution is -2.48. The number of hydrogen-bond acceptors (Lipinski definition) is 2. The third-order valence-corrected chi connectivity index (χ3v) is 3.80. The van der Waals surface area contributed by atoms with Crippen molar-refractivity contribution < 1.29 is 9.53 Å². The SMILES string of the molecule is CC(C)CCOC(C)(C)C(C)(C)C(=O)C(C)C. The monoisotopic (exact) mass is 242 g/mol. The minimum atomic E-state index is -0.446. The molecule has 0 N–H and O–H groups in total. The minimum absolute atomic E-state index is 0.0537. The molecule has 0 saturated carbocycles. The lowest BCUT2D eigenvalue weighted by atomic mass is 9.70. The van der Waals surface area contributed by atoms with Gasteiger partial charge in [0.25, 0.3) is 0 Å². The van der Waals surface area contributed by atoms with E-state index in [4.69, 9.17) is 4.74 Å². The number of hydrogen-bond donors (Lipinski definition) is 0. The van der Waals surface area contributed by atoms with E-state index in [1.54, 1.807) is 0 Å². The van der Waals surface area contributed by atoms with Crippen molar-refractivity contribution in [3.8, 4) is 0 Å². The van der Waals surface area contributed by atoms with Crippen LogP contribution in [0.2, 0.25) is 0 Å². The van der Waals surface area contributed by atoms with Crippen LogP contribution in [0.1, 0.15) is 61.8 Å². The summed E-state index contributed by atoms with van der Waals surface area (Å²) >= 11 is 0. The summed E-state index contributed by atoms with van der Waals surface area (Å²) in [6.45, 7) is 17.0. The summed E-state index contributed by atoms with van der Waals surface area (Å²) in [4.78, 5) is 12.2. The molecule has 0 spiro atoms. The molecule has 0 rings (SSSR count). The highest BCUT2D eigenvalue weighted by atomic mass is 16.5. The van der Waals surface area contributed by atoms with Crippen molar-refractivity contribution in [3.05, 3.63) is 0 Å². The fraction of sp³-hybridized carbons (Fsp3) is 0.933. The third-order valence-electron chi connectivity index (χ3n) is 3.80. The summed E-state index contributed by atoms with van der Waals surface area (Å²) in [7, 11) is 0. The molecule has 0 amide bonds. The molecule has 102 valence electrons. The Morgan fingerprint density at radius 1 is 1.06 bits per heavy atom. The Hall–Kier alpha value is -0.370. The molecule has 0 aromatic heterocycles. The van der Waals surface area contributed by atoms with Crippen LogP contribution in [0, 0.1) is 17.3 Å². The zero-order valence-electron chi connectivity index (χ0n) is 12.9. The maximum absolute atomic E-state index is 12.2. The molecule has 2 heteroatoms. The van der Waals surface area contributed by atoms with E-state index in [9.17, 15) is 4.79 Å². The van der Waals surface area contributed by atoms with Gasteiger partial charge in [-0.1, -0.05) is 41.5 Å². The molecule has 2 nitrogen and oxygen atoms in total. The smallest absolute Gasteiger partial charge is 0.143 e. The Kier molecular flexibility index (Phi) is 5.86. The van der Waals surface area contributed by atoms with E-state index in [1.165, 1.54) is 0 Å². The van der Waals surface area contributed by atoms with Crippen molar-refractivity contribution in [3.63, 3.8) is 0 Å². The van der Waals surface area contributed by atoms with E-state index in [2.05, 4.69) is 13.8 Å². The number of carbonyl (C=O) groups excluding carboxylic acids is 1. The highest BCUT2D eigenvalue weighted by Gasteiger charge is 2.44. The molecule has 0 aliphatic carbocycles. The molecule has 0 aliphatic heterocycles. The third kappa shape index (κ3) is 4.42. The first kappa shape index (κ1) is 16.6. The maximum Gasteiger partial charge on any atom is 0.143 e. The van der Waals surface area contributed by atoms with Crippen LogP contribution in [0.4, 0.5) is 0 Å². The molecule has 0 aromatic rings. The van der Waals surface area contributed by atoms with Crippen molar-refractivity contribution >= 4 is 5.78 Å². The van der Waals surface area contributed by atoms with Gasteiger partial charge in [-0.15, -0.1) is 0 Å². The lowest BCUT2D eigenvalue weighted by Gasteiger charge is -2.41. The number of ketones is 1. The van der Waals surface area contributed by atoms with Crippen LogP contribution in [-0.4, -0.2) is 18.0 Å². The first-order valence-electron chi connectivity index (χ1n) is 6.70. The number of carbonyl (C=O) groups is 1. The van der Waals surface area contributed by atoms with Gasteiger partial charge in [-0.25, -0.2) is 0 Å². The predicted octanol–water partition coefficient (Wildman–Crippen LogP) is 4.08. The summed E-state index contributed by atoms with van der Waals surface area (Å²) in [5, 5.41) is 0. The van der Waals surface area contributed by atoms with Crippen LogP contribution in [-0.2, 0) is 9.53 Å². The second-order valence-corrected chi connectivity index (χ2v) is 6.69. The minimum Gasteiger partial charge on any atom is -0.375 e. The van der Waals surface area contributed by atoms with Gasteiger partial charge in [0.15, 0.2) is 0 Å². The van der Waals surface area contributed by atoms with Crippen molar-refractivity contribution in [2.45, 2.75) is 67.4 Å². The van der Waals surface area contributed by atoms with Crippen molar-refractivity contribution in [1.82, 2.24) is 0 Å². The summed E-state index contributed by atoms with van der Waals surface area (Å²) in [6, 6.07) is 0. The van der Waals surface area contributed by atoms with Gasteiger partial charge in [0, 0.05) is 12.5 Å². The zero-order valence-corrected chi connectivity index (χ0v) is 12.9. The Bertz CT molecular complexity index is 250. The molecule has 0 saturated heterocycles. The van der Waals surface area contributed by atoms with Gasteiger partial charge in [-0.2, -0.15) is 0 Å². The average Bonchev–Trinajstić information content (AvgIpc) is 2.14. The fourth-order valence-electron chi connectivity index (χ4n) is 1.75. The predicted molar refractivity (Wildman–Crippen MR) is 73.1 cm³/mol. The first-order valence-corrected chi connectivity index (χ1v) is 6.70. The normalized spacial score (nSPS) is 13.5. The van der Waals surface area contributed by atoms with Gasteiger partial charge in [0.05, 0.1) is 11.0 Å². The Labute approximate surface area is 107 Å². The standard InChI is InChI=1S/C15H30O2/c1-11(2)9-10-17-15(7,8)14(5,6)13(16)12(3)4/h11-12H,9-10H2,1-8H3. The summed E-state index contributed by atoms with van der Waals surface area (Å²) in [5.41, 5.74) is -0.860. The molecule has 0 heterocycles. The van der Waals surface area contributed by atoms with E-state index < -0.39 is 11.0 Å². The van der Waals surface area contributed by atoms with E-state index in [0.29, 0.717) is 5.92 Å². The van der Waals surface area contributed by atoms with Gasteiger partial charge < -0.3 is 4.74 Å². The molecule has 17 heavy (non-hydrogen) atoms. The molecule has 0 unspecified atom stereocenters. The van der Waals surface area contributed by atoms with Crippen molar-refractivity contribution in [2.24, 2.45) is 17.3 Å². The Morgan fingerprint density at radius 2 is 1.53 bits per heavy atom. The molecular formula is C15H30O2. The second-order valence-electron chi connectivity index (χ2n) is 6.69. The van der Waals surface area contributed by atoms with Gasteiger partial charge in [-0.05, 0) is 26.2 Å². The Balaban J connectivity index is 4.61. The summed E-state index contributed by atoms with van der Waals surface area (Å²) < 4.78 is 5.96. The molecule has 0 fully saturated rings. The van der Waals surface area contributed by atoms with E-state index in [0.717, 1.165) is 13.0 Å². The summed E-state index contributed by atoms with van der Waals surface area (Å²) in [6.07, 6.45) is 1.04. The molecule has 0 radical (unpaired) electrons. The van der Waals surface area contributed by atoms with E-state index in [1.807, 2.05) is 41.5 Å². The molecule has 0 aromatic carbocycles. The average molecular weight is 242 g/mol. The molecule has 0 atom stereocenters. The van der Waals surface area contributed by atoms with Crippen LogP contribution in [0.15, 0.2) is 0 Å². The number of rotatable bonds is 7. The largest absolute Gasteiger partial charge is 0.375 e. The fourth-order valence-corrected chi connectivity index (χ4v) is 1.75.